The molecule has 0 bridgehead atoms. The Balaban J connectivity index is 2.28. The van der Waals surface area contributed by atoms with E-state index in [-0.39, 0.29) is 6.54 Å². The summed E-state index contributed by atoms with van der Waals surface area (Å²) < 4.78 is 10.1. The average molecular weight is 285 g/mol. The van der Waals surface area contributed by atoms with Crippen LogP contribution in [0.2, 0.25) is 0 Å². The molecular formula is C14H23NO5. The smallest absolute Gasteiger partial charge is 0.411 e. The van der Waals surface area contributed by atoms with E-state index in [0.717, 1.165) is 0 Å². The molecule has 20 heavy (non-hydrogen) atoms. The Hall–Kier alpha value is -1.30. The fourth-order valence-corrected chi connectivity index (χ4v) is 3.07. The van der Waals surface area contributed by atoms with Crippen molar-refractivity contribution in [2.45, 2.75) is 57.8 Å². The summed E-state index contributed by atoms with van der Waals surface area (Å²) in [5.74, 6) is -0.494. The SMILES string of the molecule is COC(=O)[C@H]1N(C(=O)OC(C)(C)C)C[C@@](C)(O)C12CC2. The summed E-state index contributed by atoms with van der Waals surface area (Å²) in [6.45, 7) is 7.04. The van der Waals surface area contributed by atoms with Crippen LogP contribution in [0.1, 0.15) is 40.5 Å². The Morgan fingerprint density at radius 1 is 1.30 bits per heavy atom. The number of carbonyl (C=O) groups is 2. The van der Waals surface area contributed by atoms with Crippen LogP contribution in [0.5, 0.6) is 0 Å². The number of aliphatic hydroxyl groups is 1. The van der Waals surface area contributed by atoms with E-state index < -0.39 is 34.7 Å². The van der Waals surface area contributed by atoms with Crippen LogP contribution < -0.4 is 0 Å². The zero-order valence-corrected chi connectivity index (χ0v) is 12.7. The third-order valence-electron chi connectivity index (χ3n) is 4.23. The van der Waals surface area contributed by atoms with Crippen LogP contribution >= 0.6 is 0 Å². The van der Waals surface area contributed by atoms with Crippen LogP contribution in [0, 0.1) is 5.41 Å². The van der Waals surface area contributed by atoms with E-state index in [1.165, 1.54) is 12.0 Å². The van der Waals surface area contributed by atoms with Crippen LogP contribution in [0.4, 0.5) is 4.79 Å². The first kappa shape index (κ1) is 15.1. The lowest BCUT2D eigenvalue weighted by atomic mass is 9.84. The minimum atomic E-state index is -1.09. The molecule has 1 N–H and O–H groups in total. The lowest BCUT2D eigenvalue weighted by Crippen LogP contribution is -2.46. The largest absolute Gasteiger partial charge is 0.467 e. The van der Waals surface area contributed by atoms with Crippen LogP contribution in [0.25, 0.3) is 0 Å². The molecule has 1 aliphatic heterocycles. The molecule has 1 aliphatic carbocycles. The molecule has 0 aromatic heterocycles. The number of esters is 1. The zero-order valence-electron chi connectivity index (χ0n) is 12.7. The molecular weight excluding hydrogens is 262 g/mol. The molecule has 114 valence electrons. The number of nitrogens with zero attached hydrogens (tertiary/aromatic N) is 1. The third kappa shape index (κ3) is 2.26. The van der Waals surface area contributed by atoms with Crippen molar-refractivity contribution in [1.29, 1.82) is 0 Å². The highest BCUT2D eigenvalue weighted by atomic mass is 16.6. The molecule has 1 saturated carbocycles. The number of β-amino-alcohol motifs (C(OH)–C–C–N with tert-alkyl or cyclic N) is 1. The topological polar surface area (TPSA) is 76.1 Å². The molecule has 1 heterocycles. The van der Waals surface area contributed by atoms with Crippen LogP contribution in [0.15, 0.2) is 0 Å². The van der Waals surface area contributed by atoms with Crippen molar-refractivity contribution in [3.8, 4) is 0 Å². The van der Waals surface area contributed by atoms with Gasteiger partial charge in [0.15, 0.2) is 0 Å². The summed E-state index contributed by atoms with van der Waals surface area (Å²) in [5, 5.41) is 10.6. The molecule has 2 aliphatic rings. The minimum absolute atomic E-state index is 0.0850. The second-order valence-corrected chi connectivity index (χ2v) is 6.96. The van der Waals surface area contributed by atoms with Gasteiger partial charge in [0.2, 0.25) is 0 Å². The van der Waals surface area contributed by atoms with E-state index in [1.807, 2.05) is 0 Å². The van der Waals surface area contributed by atoms with Gasteiger partial charge < -0.3 is 14.6 Å². The first-order valence-electron chi connectivity index (χ1n) is 6.84. The summed E-state index contributed by atoms with van der Waals surface area (Å²) in [6, 6.07) is -0.766. The summed E-state index contributed by atoms with van der Waals surface area (Å²) in [4.78, 5) is 25.6. The zero-order chi connectivity index (χ0) is 15.3. The van der Waals surface area contributed by atoms with E-state index in [2.05, 4.69) is 0 Å². The van der Waals surface area contributed by atoms with Crippen molar-refractivity contribution in [2.75, 3.05) is 13.7 Å². The normalized spacial score (nSPS) is 31.3. The van der Waals surface area contributed by atoms with E-state index in [0.29, 0.717) is 12.8 Å². The van der Waals surface area contributed by atoms with Gasteiger partial charge in [0, 0.05) is 5.41 Å². The minimum Gasteiger partial charge on any atom is -0.467 e. The fraction of sp³-hybridized carbons (Fsp3) is 0.857. The van der Waals surface area contributed by atoms with E-state index >= 15 is 0 Å². The average Bonchev–Trinajstić information content (AvgIpc) is 3.02. The highest BCUT2D eigenvalue weighted by molar-refractivity contribution is 5.84. The highest BCUT2D eigenvalue weighted by Crippen LogP contribution is 2.62. The number of likely N-dealkylation sites (tertiary alicyclic amines) is 1. The van der Waals surface area contributed by atoms with Crippen molar-refractivity contribution in [2.24, 2.45) is 5.41 Å². The van der Waals surface area contributed by atoms with E-state index in [9.17, 15) is 14.7 Å². The summed E-state index contributed by atoms with van der Waals surface area (Å²) in [7, 11) is 1.29. The van der Waals surface area contributed by atoms with Crippen molar-refractivity contribution in [3.63, 3.8) is 0 Å². The first-order valence-corrected chi connectivity index (χ1v) is 6.84. The molecule has 2 fully saturated rings. The molecule has 1 spiro atoms. The molecule has 0 radical (unpaired) electrons. The van der Waals surface area contributed by atoms with E-state index in [1.54, 1.807) is 27.7 Å². The van der Waals surface area contributed by atoms with Gasteiger partial charge in [-0.3, -0.25) is 4.90 Å². The molecule has 6 heteroatoms. The number of amides is 1. The lowest BCUT2D eigenvalue weighted by molar-refractivity contribution is -0.148. The van der Waals surface area contributed by atoms with E-state index in [4.69, 9.17) is 9.47 Å². The number of methoxy groups -OCH3 is 1. The molecule has 0 aromatic carbocycles. The van der Waals surface area contributed by atoms with Crippen LogP contribution in [-0.2, 0) is 14.3 Å². The Kier molecular flexibility index (Phi) is 3.28. The van der Waals surface area contributed by atoms with Crippen LogP contribution in [0.3, 0.4) is 0 Å². The second kappa shape index (κ2) is 4.35. The van der Waals surface area contributed by atoms with Gasteiger partial charge in [0.1, 0.15) is 11.6 Å². The van der Waals surface area contributed by atoms with Gasteiger partial charge in [-0.2, -0.15) is 0 Å². The molecule has 0 unspecified atom stereocenters. The number of hydrogen-bond donors (Lipinski definition) is 1. The number of rotatable bonds is 1. The standard InChI is InChI=1S/C14H23NO5/c1-12(2,3)20-11(17)15-8-13(4,18)14(6-7-14)9(15)10(16)19-5/h9,18H,6-8H2,1-5H3/t9-,13-/m1/s1. The first-order chi connectivity index (χ1) is 9.04. The number of ether oxygens (including phenoxy) is 2. The Bertz CT molecular complexity index is 433. The second-order valence-electron chi connectivity index (χ2n) is 6.96. The van der Waals surface area contributed by atoms with Gasteiger partial charge in [0.05, 0.1) is 19.3 Å². The predicted octanol–water partition coefficient (Wildman–Crippen LogP) is 1.31. The fourth-order valence-electron chi connectivity index (χ4n) is 3.07. The van der Waals surface area contributed by atoms with Crippen LogP contribution in [-0.4, -0.2) is 53.0 Å². The van der Waals surface area contributed by atoms with Crippen molar-refractivity contribution in [3.05, 3.63) is 0 Å². The van der Waals surface area contributed by atoms with Gasteiger partial charge >= 0.3 is 12.1 Å². The Morgan fingerprint density at radius 3 is 2.25 bits per heavy atom. The van der Waals surface area contributed by atoms with Gasteiger partial charge in [0.25, 0.3) is 0 Å². The summed E-state index contributed by atoms with van der Waals surface area (Å²) in [5.41, 5.74) is -2.33. The predicted molar refractivity (Wildman–Crippen MR) is 71.0 cm³/mol. The lowest BCUT2D eigenvalue weighted by Gasteiger charge is -2.29. The number of hydrogen-bond acceptors (Lipinski definition) is 5. The van der Waals surface area contributed by atoms with Gasteiger partial charge in [-0.1, -0.05) is 0 Å². The maximum absolute atomic E-state index is 12.3. The van der Waals surface area contributed by atoms with Crippen molar-refractivity contribution < 1.29 is 24.2 Å². The maximum Gasteiger partial charge on any atom is 0.411 e. The molecule has 1 amide bonds. The monoisotopic (exact) mass is 285 g/mol. The summed E-state index contributed by atoms with van der Waals surface area (Å²) >= 11 is 0. The molecule has 0 aromatic rings. The van der Waals surface area contributed by atoms with Gasteiger partial charge in [-0.15, -0.1) is 0 Å². The Morgan fingerprint density at radius 2 is 1.85 bits per heavy atom. The van der Waals surface area contributed by atoms with Gasteiger partial charge in [-0.25, -0.2) is 9.59 Å². The van der Waals surface area contributed by atoms with Crippen molar-refractivity contribution >= 4 is 12.1 Å². The summed E-state index contributed by atoms with van der Waals surface area (Å²) in [6.07, 6.45) is 0.829. The molecule has 2 atom stereocenters. The number of carbonyl (C=O) groups excluding carboxylic acids is 2. The van der Waals surface area contributed by atoms with Crippen molar-refractivity contribution in [1.82, 2.24) is 4.90 Å². The van der Waals surface area contributed by atoms with Gasteiger partial charge in [-0.05, 0) is 40.5 Å². The molecule has 2 rings (SSSR count). The quantitative estimate of drug-likeness (QED) is 0.735. The third-order valence-corrected chi connectivity index (χ3v) is 4.23. The Labute approximate surface area is 119 Å². The maximum atomic E-state index is 12.3. The molecule has 6 nitrogen and oxygen atoms in total. The molecule has 1 saturated heterocycles. The highest BCUT2D eigenvalue weighted by Gasteiger charge is 2.71.